The lowest BCUT2D eigenvalue weighted by Crippen LogP contribution is -2.30. The van der Waals surface area contributed by atoms with E-state index in [-0.39, 0.29) is 11.8 Å². The van der Waals surface area contributed by atoms with Gasteiger partial charge in [0, 0.05) is 26.3 Å². The van der Waals surface area contributed by atoms with E-state index in [0.717, 1.165) is 6.42 Å². The zero-order valence-electron chi connectivity index (χ0n) is 12.0. The summed E-state index contributed by atoms with van der Waals surface area (Å²) >= 11 is 0. The molecule has 1 rings (SSSR count). The SMILES string of the molecule is Cc1nc(CCNC(=O)C[C@@H](CN)CC(C)C)no1. The van der Waals surface area contributed by atoms with Crippen LogP contribution in [0, 0.1) is 18.8 Å². The number of hydrogen-bond donors (Lipinski definition) is 2. The highest BCUT2D eigenvalue weighted by Crippen LogP contribution is 2.13. The van der Waals surface area contributed by atoms with Gasteiger partial charge < -0.3 is 15.6 Å². The summed E-state index contributed by atoms with van der Waals surface area (Å²) in [6.07, 6.45) is 2.05. The topological polar surface area (TPSA) is 94.0 Å². The lowest BCUT2D eigenvalue weighted by molar-refractivity contribution is -0.122. The summed E-state index contributed by atoms with van der Waals surface area (Å²) < 4.78 is 4.86. The summed E-state index contributed by atoms with van der Waals surface area (Å²) in [7, 11) is 0. The van der Waals surface area contributed by atoms with Crippen molar-refractivity contribution in [1.82, 2.24) is 15.5 Å². The summed E-state index contributed by atoms with van der Waals surface area (Å²) in [5, 5.41) is 6.63. The van der Waals surface area contributed by atoms with Crippen molar-refractivity contribution in [3.05, 3.63) is 11.7 Å². The highest BCUT2D eigenvalue weighted by Gasteiger charge is 2.14. The van der Waals surface area contributed by atoms with Gasteiger partial charge in [-0.25, -0.2) is 0 Å². The molecule has 0 aromatic carbocycles. The summed E-state index contributed by atoms with van der Waals surface area (Å²) in [6, 6.07) is 0. The molecule has 1 heterocycles. The molecule has 1 atom stereocenters. The fourth-order valence-corrected chi connectivity index (χ4v) is 2.02. The van der Waals surface area contributed by atoms with Crippen LogP contribution in [0.4, 0.5) is 0 Å². The molecule has 6 nitrogen and oxygen atoms in total. The molecule has 1 amide bonds. The molecule has 0 aliphatic carbocycles. The molecule has 0 saturated carbocycles. The number of nitrogens with one attached hydrogen (secondary N) is 1. The molecule has 0 bridgehead atoms. The number of aromatic nitrogens is 2. The van der Waals surface area contributed by atoms with Crippen molar-refractivity contribution in [2.75, 3.05) is 13.1 Å². The number of aryl methyl sites for hydroxylation is 1. The van der Waals surface area contributed by atoms with Crippen molar-refractivity contribution < 1.29 is 9.32 Å². The van der Waals surface area contributed by atoms with Crippen LogP contribution in [0.5, 0.6) is 0 Å². The Balaban J connectivity index is 2.23. The zero-order chi connectivity index (χ0) is 14.3. The minimum absolute atomic E-state index is 0.0383. The van der Waals surface area contributed by atoms with Gasteiger partial charge in [-0.1, -0.05) is 19.0 Å². The molecule has 3 N–H and O–H groups in total. The van der Waals surface area contributed by atoms with Crippen LogP contribution in [-0.4, -0.2) is 29.1 Å². The van der Waals surface area contributed by atoms with Crippen LogP contribution in [0.25, 0.3) is 0 Å². The van der Waals surface area contributed by atoms with Gasteiger partial charge in [0.15, 0.2) is 5.82 Å². The minimum atomic E-state index is 0.0383. The number of carbonyl (C=O) groups is 1. The maximum Gasteiger partial charge on any atom is 0.223 e. The van der Waals surface area contributed by atoms with Crippen LogP contribution in [-0.2, 0) is 11.2 Å². The van der Waals surface area contributed by atoms with Gasteiger partial charge >= 0.3 is 0 Å². The number of nitrogens with zero attached hydrogens (tertiary/aromatic N) is 2. The first-order chi connectivity index (χ1) is 9.01. The largest absolute Gasteiger partial charge is 0.356 e. The van der Waals surface area contributed by atoms with Crippen LogP contribution in [0.1, 0.15) is 38.4 Å². The van der Waals surface area contributed by atoms with E-state index < -0.39 is 0 Å². The second-order valence-corrected chi connectivity index (χ2v) is 5.26. The smallest absolute Gasteiger partial charge is 0.223 e. The molecule has 108 valence electrons. The van der Waals surface area contributed by atoms with Gasteiger partial charge in [-0.3, -0.25) is 4.79 Å². The molecule has 0 aliphatic rings. The fraction of sp³-hybridized carbons (Fsp3) is 0.769. The van der Waals surface area contributed by atoms with Gasteiger partial charge in [0.05, 0.1) is 0 Å². The Hall–Kier alpha value is -1.43. The third-order valence-corrected chi connectivity index (χ3v) is 2.85. The van der Waals surface area contributed by atoms with Crippen molar-refractivity contribution in [2.24, 2.45) is 17.6 Å². The molecule has 0 radical (unpaired) electrons. The van der Waals surface area contributed by atoms with Crippen molar-refractivity contribution >= 4 is 5.91 Å². The molecule has 19 heavy (non-hydrogen) atoms. The molecule has 0 fully saturated rings. The van der Waals surface area contributed by atoms with Gasteiger partial charge in [-0.05, 0) is 24.8 Å². The van der Waals surface area contributed by atoms with Crippen molar-refractivity contribution in [2.45, 2.75) is 40.0 Å². The standard InChI is InChI=1S/C13H24N4O2/c1-9(2)6-11(8-14)7-13(18)15-5-4-12-16-10(3)19-17-12/h9,11H,4-8,14H2,1-3H3,(H,15,18)/t11-/m0/s1. The molecule has 6 heteroatoms. The van der Waals surface area contributed by atoms with Crippen LogP contribution < -0.4 is 11.1 Å². The van der Waals surface area contributed by atoms with Crippen molar-refractivity contribution in [1.29, 1.82) is 0 Å². The third kappa shape index (κ3) is 6.33. The molecular weight excluding hydrogens is 244 g/mol. The monoisotopic (exact) mass is 268 g/mol. The Morgan fingerprint density at radius 2 is 2.21 bits per heavy atom. The van der Waals surface area contributed by atoms with Crippen molar-refractivity contribution in [3.8, 4) is 0 Å². The van der Waals surface area contributed by atoms with E-state index in [1.54, 1.807) is 6.92 Å². The number of rotatable bonds is 8. The molecule has 0 saturated heterocycles. The maximum atomic E-state index is 11.8. The van der Waals surface area contributed by atoms with E-state index in [1.807, 2.05) is 0 Å². The highest BCUT2D eigenvalue weighted by molar-refractivity contribution is 5.76. The first-order valence-electron chi connectivity index (χ1n) is 6.77. The Kier molecular flexibility index (Phi) is 6.49. The molecule has 1 aromatic rings. The predicted octanol–water partition coefficient (Wildman–Crippen LogP) is 1.05. The number of amides is 1. The van der Waals surface area contributed by atoms with Crippen LogP contribution in [0.15, 0.2) is 4.52 Å². The number of nitrogens with two attached hydrogens (primary N) is 1. The Labute approximate surface area is 114 Å². The van der Waals surface area contributed by atoms with Crippen LogP contribution in [0.2, 0.25) is 0 Å². The van der Waals surface area contributed by atoms with E-state index in [2.05, 4.69) is 29.3 Å². The second-order valence-electron chi connectivity index (χ2n) is 5.26. The van der Waals surface area contributed by atoms with Gasteiger partial charge in [0.1, 0.15) is 0 Å². The second kappa shape index (κ2) is 7.89. The summed E-state index contributed by atoms with van der Waals surface area (Å²) in [6.45, 7) is 7.09. The normalized spacial score (nSPS) is 12.7. The van der Waals surface area contributed by atoms with E-state index >= 15 is 0 Å². The Morgan fingerprint density at radius 1 is 1.47 bits per heavy atom. The first-order valence-corrected chi connectivity index (χ1v) is 6.77. The summed E-state index contributed by atoms with van der Waals surface area (Å²) in [5.74, 6) is 2.02. The number of carbonyl (C=O) groups excluding carboxylic acids is 1. The Morgan fingerprint density at radius 3 is 2.74 bits per heavy atom. The van der Waals surface area contributed by atoms with Crippen molar-refractivity contribution in [3.63, 3.8) is 0 Å². The molecule has 0 spiro atoms. The zero-order valence-corrected chi connectivity index (χ0v) is 12.0. The predicted molar refractivity (Wildman–Crippen MR) is 72.4 cm³/mol. The lowest BCUT2D eigenvalue weighted by atomic mass is 9.94. The summed E-state index contributed by atoms with van der Waals surface area (Å²) in [4.78, 5) is 15.8. The van der Waals surface area contributed by atoms with Gasteiger partial charge in [0.2, 0.25) is 11.8 Å². The lowest BCUT2D eigenvalue weighted by Gasteiger charge is -2.16. The first kappa shape index (κ1) is 15.6. The average Bonchev–Trinajstić information content (AvgIpc) is 2.73. The summed E-state index contributed by atoms with van der Waals surface area (Å²) in [5.41, 5.74) is 5.68. The van der Waals surface area contributed by atoms with Gasteiger partial charge in [-0.2, -0.15) is 4.98 Å². The van der Waals surface area contributed by atoms with Crippen LogP contribution in [0.3, 0.4) is 0 Å². The van der Waals surface area contributed by atoms with E-state index in [4.69, 9.17) is 10.3 Å². The quantitative estimate of drug-likeness (QED) is 0.735. The highest BCUT2D eigenvalue weighted by atomic mass is 16.5. The van der Waals surface area contributed by atoms with Gasteiger partial charge in [-0.15, -0.1) is 0 Å². The Bertz CT molecular complexity index is 390. The molecule has 0 unspecified atom stereocenters. The minimum Gasteiger partial charge on any atom is -0.356 e. The maximum absolute atomic E-state index is 11.8. The number of hydrogen-bond acceptors (Lipinski definition) is 5. The molecular formula is C13H24N4O2. The molecule has 0 aliphatic heterocycles. The van der Waals surface area contributed by atoms with E-state index in [0.29, 0.717) is 43.6 Å². The average molecular weight is 268 g/mol. The van der Waals surface area contributed by atoms with Crippen LogP contribution >= 0.6 is 0 Å². The third-order valence-electron chi connectivity index (χ3n) is 2.85. The van der Waals surface area contributed by atoms with E-state index in [9.17, 15) is 4.79 Å². The fourth-order valence-electron chi connectivity index (χ4n) is 2.02. The van der Waals surface area contributed by atoms with Gasteiger partial charge in [0.25, 0.3) is 0 Å². The van der Waals surface area contributed by atoms with E-state index in [1.165, 1.54) is 0 Å². The molecule has 1 aromatic heterocycles.